The molecule has 3 nitrogen and oxygen atoms in total. The van der Waals surface area contributed by atoms with Gasteiger partial charge in [0, 0.05) is 29.6 Å². The van der Waals surface area contributed by atoms with E-state index in [9.17, 15) is 0 Å². The van der Waals surface area contributed by atoms with E-state index in [0.717, 1.165) is 19.7 Å². The van der Waals surface area contributed by atoms with Crippen molar-refractivity contribution in [1.82, 2.24) is 10.3 Å². The number of hydrogen-bond donors (Lipinski definition) is 1. The van der Waals surface area contributed by atoms with Crippen LogP contribution in [0.3, 0.4) is 0 Å². The highest BCUT2D eigenvalue weighted by atomic mass is 32.1. The maximum Gasteiger partial charge on any atom is 0.0981 e. The number of nitrogens with one attached hydrogen (secondary N) is 1. The Hall–Kier alpha value is -0.450. The Kier molecular flexibility index (Phi) is 6.00. The van der Waals surface area contributed by atoms with E-state index in [2.05, 4.69) is 31.1 Å². The Balaban J connectivity index is 1.60. The van der Waals surface area contributed by atoms with Crippen LogP contribution < -0.4 is 5.32 Å². The molecule has 1 aliphatic carbocycles. The average Bonchev–Trinajstić information content (AvgIpc) is 2.88. The number of ether oxygens (including phenoxy) is 1. The largest absolute Gasteiger partial charge is 0.377 e. The Labute approximate surface area is 127 Å². The van der Waals surface area contributed by atoms with Gasteiger partial charge in [-0.05, 0) is 12.8 Å². The molecule has 1 aromatic rings. The lowest BCUT2D eigenvalue weighted by Crippen LogP contribution is -2.24. The van der Waals surface area contributed by atoms with Crippen molar-refractivity contribution in [2.75, 3.05) is 13.2 Å². The molecule has 0 radical (unpaired) electrons. The summed E-state index contributed by atoms with van der Waals surface area (Å²) >= 11 is 1.81. The molecule has 0 aromatic carbocycles. The normalized spacial score (nSPS) is 17.6. The zero-order valence-corrected chi connectivity index (χ0v) is 13.9. The zero-order chi connectivity index (χ0) is 14.4. The lowest BCUT2D eigenvalue weighted by atomic mass is 9.98. The molecule has 0 atom stereocenters. The molecule has 1 saturated carbocycles. The van der Waals surface area contributed by atoms with E-state index < -0.39 is 0 Å². The Morgan fingerprint density at radius 3 is 2.70 bits per heavy atom. The molecule has 0 aliphatic heterocycles. The van der Waals surface area contributed by atoms with Crippen molar-refractivity contribution in [3.63, 3.8) is 0 Å². The molecule has 0 unspecified atom stereocenters. The molecule has 0 saturated heterocycles. The highest BCUT2D eigenvalue weighted by Crippen LogP contribution is 2.26. The summed E-state index contributed by atoms with van der Waals surface area (Å²) in [7, 11) is 0. The van der Waals surface area contributed by atoms with Gasteiger partial charge in [0.05, 0.1) is 17.7 Å². The highest BCUT2D eigenvalue weighted by Gasteiger charge is 2.17. The third-order valence-corrected chi connectivity index (χ3v) is 5.10. The predicted molar refractivity (Wildman–Crippen MR) is 85.3 cm³/mol. The van der Waals surface area contributed by atoms with Gasteiger partial charge >= 0.3 is 0 Å². The minimum Gasteiger partial charge on any atom is -0.377 e. The monoisotopic (exact) mass is 296 g/mol. The maximum absolute atomic E-state index is 5.91. The van der Waals surface area contributed by atoms with Gasteiger partial charge in [0.2, 0.25) is 0 Å². The first-order valence-electron chi connectivity index (χ1n) is 7.83. The molecule has 4 heteroatoms. The maximum atomic E-state index is 5.91. The second-order valence-corrected chi connectivity index (χ2v) is 7.80. The van der Waals surface area contributed by atoms with Crippen molar-refractivity contribution in [1.29, 1.82) is 0 Å². The van der Waals surface area contributed by atoms with Crippen LogP contribution in [0.4, 0.5) is 0 Å². The Morgan fingerprint density at radius 2 is 2.05 bits per heavy atom. The van der Waals surface area contributed by atoms with Crippen molar-refractivity contribution in [3.05, 3.63) is 16.1 Å². The van der Waals surface area contributed by atoms with E-state index >= 15 is 0 Å². The smallest absolute Gasteiger partial charge is 0.0981 e. The number of rotatable bonds is 6. The van der Waals surface area contributed by atoms with Gasteiger partial charge in [-0.2, -0.15) is 0 Å². The summed E-state index contributed by atoms with van der Waals surface area (Å²) in [5.41, 5.74) is 0.160. The topological polar surface area (TPSA) is 34.2 Å². The Bertz CT molecular complexity index is 391. The van der Waals surface area contributed by atoms with Crippen LogP contribution >= 0.6 is 11.3 Å². The SMILES string of the molecule is CC(C)(C)c1ncc(CNCCOC2CCCCC2)s1. The van der Waals surface area contributed by atoms with E-state index in [1.165, 1.54) is 42.0 Å². The molecule has 114 valence electrons. The number of aromatic nitrogens is 1. The molecule has 0 spiro atoms. The van der Waals surface area contributed by atoms with E-state index in [-0.39, 0.29) is 5.41 Å². The first-order chi connectivity index (χ1) is 9.55. The van der Waals surface area contributed by atoms with Gasteiger partial charge in [0.15, 0.2) is 0 Å². The van der Waals surface area contributed by atoms with E-state index in [0.29, 0.717) is 6.10 Å². The van der Waals surface area contributed by atoms with Gasteiger partial charge in [0.1, 0.15) is 0 Å². The first kappa shape index (κ1) is 15.9. The van der Waals surface area contributed by atoms with Gasteiger partial charge in [-0.3, -0.25) is 0 Å². The van der Waals surface area contributed by atoms with Crippen LogP contribution in [-0.2, 0) is 16.7 Å². The summed E-state index contributed by atoms with van der Waals surface area (Å²) in [5, 5.41) is 4.67. The van der Waals surface area contributed by atoms with Crippen molar-refractivity contribution < 1.29 is 4.74 Å². The minimum atomic E-state index is 0.160. The van der Waals surface area contributed by atoms with Crippen LogP contribution in [-0.4, -0.2) is 24.2 Å². The van der Waals surface area contributed by atoms with Gasteiger partial charge in [-0.25, -0.2) is 4.98 Å². The van der Waals surface area contributed by atoms with Crippen LogP contribution in [0.1, 0.15) is 62.8 Å². The van der Waals surface area contributed by atoms with Crippen molar-refractivity contribution in [2.45, 2.75) is 70.9 Å². The van der Waals surface area contributed by atoms with Crippen molar-refractivity contribution >= 4 is 11.3 Å². The second-order valence-electron chi connectivity index (χ2n) is 6.69. The summed E-state index contributed by atoms with van der Waals surface area (Å²) in [6, 6.07) is 0. The molecule has 0 bridgehead atoms. The van der Waals surface area contributed by atoms with Crippen LogP contribution in [0, 0.1) is 0 Å². The summed E-state index contributed by atoms with van der Waals surface area (Å²) in [5.74, 6) is 0. The van der Waals surface area contributed by atoms with Crippen LogP contribution in [0.15, 0.2) is 6.20 Å². The van der Waals surface area contributed by atoms with Crippen molar-refractivity contribution in [3.8, 4) is 0 Å². The fourth-order valence-electron chi connectivity index (χ4n) is 2.48. The highest BCUT2D eigenvalue weighted by molar-refractivity contribution is 7.11. The van der Waals surface area contributed by atoms with E-state index in [1.807, 2.05) is 17.5 Å². The summed E-state index contributed by atoms with van der Waals surface area (Å²) in [6.07, 6.45) is 9.10. The molecule has 1 aliphatic rings. The first-order valence-corrected chi connectivity index (χ1v) is 8.65. The quantitative estimate of drug-likeness (QED) is 0.809. The fourth-order valence-corrected chi connectivity index (χ4v) is 3.42. The average molecular weight is 296 g/mol. The molecule has 20 heavy (non-hydrogen) atoms. The molecule has 0 amide bonds. The molecule has 1 aromatic heterocycles. The predicted octanol–water partition coefficient (Wildman–Crippen LogP) is 3.88. The standard InChI is InChI=1S/C16H28N2OS/c1-16(2,3)15-18-12-14(20-15)11-17-9-10-19-13-7-5-4-6-8-13/h12-13,17H,4-11H2,1-3H3. The second kappa shape index (κ2) is 7.53. The third kappa shape index (κ3) is 5.15. The fraction of sp³-hybridized carbons (Fsp3) is 0.812. The molecule has 1 fully saturated rings. The van der Waals surface area contributed by atoms with E-state index in [4.69, 9.17) is 4.74 Å². The van der Waals surface area contributed by atoms with Crippen LogP contribution in [0.2, 0.25) is 0 Å². The molecule has 1 N–H and O–H groups in total. The van der Waals surface area contributed by atoms with Gasteiger partial charge in [-0.1, -0.05) is 40.0 Å². The van der Waals surface area contributed by atoms with Crippen LogP contribution in [0.5, 0.6) is 0 Å². The molecular formula is C16H28N2OS. The Morgan fingerprint density at radius 1 is 1.30 bits per heavy atom. The van der Waals surface area contributed by atoms with Gasteiger partial charge in [-0.15, -0.1) is 11.3 Å². The summed E-state index contributed by atoms with van der Waals surface area (Å²) in [6.45, 7) is 9.29. The molecule has 1 heterocycles. The number of nitrogens with zero attached hydrogens (tertiary/aromatic N) is 1. The zero-order valence-electron chi connectivity index (χ0n) is 13.1. The third-order valence-electron chi connectivity index (χ3n) is 3.68. The number of hydrogen-bond acceptors (Lipinski definition) is 4. The lowest BCUT2D eigenvalue weighted by molar-refractivity contribution is 0.0302. The van der Waals surface area contributed by atoms with Gasteiger partial charge < -0.3 is 10.1 Å². The summed E-state index contributed by atoms with van der Waals surface area (Å²) < 4.78 is 5.91. The minimum absolute atomic E-state index is 0.160. The van der Waals surface area contributed by atoms with Crippen molar-refractivity contribution in [2.24, 2.45) is 0 Å². The van der Waals surface area contributed by atoms with Gasteiger partial charge in [0.25, 0.3) is 0 Å². The molecular weight excluding hydrogens is 268 g/mol. The molecule has 2 rings (SSSR count). The summed E-state index contributed by atoms with van der Waals surface area (Å²) in [4.78, 5) is 5.82. The van der Waals surface area contributed by atoms with E-state index in [1.54, 1.807) is 0 Å². The lowest BCUT2D eigenvalue weighted by Gasteiger charge is -2.21. The van der Waals surface area contributed by atoms with Crippen LogP contribution in [0.25, 0.3) is 0 Å². The number of thiazole rings is 1.